The van der Waals surface area contributed by atoms with Crippen LogP contribution in [-0.2, 0) is 11.0 Å². The van der Waals surface area contributed by atoms with Crippen molar-refractivity contribution in [2.75, 3.05) is 11.6 Å². The van der Waals surface area contributed by atoms with Crippen LogP contribution in [0.2, 0.25) is 5.02 Å². The summed E-state index contributed by atoms with van der Waals surface area (Å²) in [4.78, 5) is 15.8. The third-order valence-electron chi connectivity index (χ3n) is 3.07. The first-order chi connectivity index (χ1) is 9.75. The van der Waals surface area contributed by atoms with Gasteiger partial charge in [-0.15, -0.1) is 0 Å². The Balaban J connectivity index is 2.34. The van der Waals surface area contributed by atoms with Gasteiger partial charge in [-0.2, -0.15) is 23.3 Å². The van der Waals surface area contributed by atoms with Crippen molar-refractivity contribution in [1.29, 1.82) is 0 Å². The molecule has 0 fully saturated rings. The number of hydrazone groups is 1. The van der Waals surface area contributed by atoms with Gasteiger partial charge in [-0.05, 0) is 26.0 Å². The average Bonchev–Trinajstić information content (AvgIpc) is 2.66. The van der Waals surface area contributed by atoms with Gasteiger partial charge in [0.1, 0.15) is 0 Å². The average molecular weight is 321 g/mol. The molecule has 1 amide bonds. The summed E-state index contributed by atoms with van der Waals surface area (Å²) in [7, 11) is 0. The number of hydrogen-bond donors (Lipinski definition) is 1. The smallest absolute Gasteiger partial charge is 0.330 e. The lowest BCUT2D eigenvalue weighted by atomic mass is 10.0. The zero-order chi connectivity index (χ0) is 15.8. The number of carbonyl (C=O) groups is 1. The molecule has 114 valence electrons. The van der Waals surface area contributed by atoms with Crippen molar-refractivity contribution in [3.8, 4) is 0 Å². The number of alkyl halides is 3. The highest BCUT2D eigenvalue weighted by molar-refractivity contribution is 6.34. The molecule has 0 aromatic carbocycles. The number of nitrogens with zero attached hydrogens (tertiary/aromatic N) is 3. The summed E-state index contributed by atoms with van der Waals surface area (Å²) in [5.41, 5.74) is 4.97. The van der Waals surface area contributed by atoms with E-state index in [0.717, 1.165) is 11.1 Å². The van der Waals surface area contributed by atoms with Gasteiger partial charge in [-0.3, -0.25) is 4.79 Å². The zero-order valence-electron chi connectivity index (χ0n) is 11.0. The summed E-state index contributed by atoms with van der Waals surface area (Å²) < 4.78 is 37.7. The Morgan fingerprint density at radius 1 is 1.48 bits per heavy atom. The summed E-state index contributed by atoms with van der Waals surface area (Å²) in [5, 5.41) is 4.65. The largest absolute Gasteiger partial charge is 0.417 e. The van der Waals surface area contributed by atoms with Gasteiger partial charge in [0.2, 0.25) is 0 Å². The Labute approximate surface area is 123 Å². The molecule has 0 aliphatic carbocycles. The number of aromatic nitrogens is 1. The van der Waals surface area contributed by atoms with Crippen LogP contribution in [0.3, 0.4) is 0 Å². The quantitative estimate of drug-likeness (QED) is 0.929. The van der Waals surface area contributed by atoms with Gasteiger partial charge >= 0.3 is 6.18 Å². The van der Waals surface area contributed by atoms with Crippen molar-refractivity contribution in [3.63, 3.8) is 0 Å². The molecule has 5 nitrogen and oxygen atoms in total. The fourth-order valence-corrected chi connectivity index (χ4v) is 2.24. The minimum absolute atomic E-state index is 0.117. The molecule has 0 saturated heterocycles. The molecule has 0 spiro atoms. The second-order valence-corrected chi connectivity index (χ2v) is 4.96. The highest BCUT2D eigenvalue weighted by atomic mass is 35.5. The Bertz CT molecular complexity index is 603. The SMILES string of the molecule is CC1=NN(c2ncc(C(F)(F)F)cc2Cl)C(=O)C1CCN. The third-order valence-corrected chi connectivity index (χ3v) is 3.35. The number of amides is 1. The lowest BCUT2D eigenvalue weighted by Crippen LogP contribution is -2.29. The van der Waals surface area contributed by atoms with Gasteiger partial charge in [0.05, 0.1) is 16.5 Å². The zero-order valence-corrected chi connectivity index (χ0v) is 11.7. The van der Waals surface area contributed by atoms with E-state index < -0.39 is 23.6 Å². The lowest BCUT2D eigenvalue weighted by molar-refractivity contribution is -0.137. The summed E-state index contributed by atoms with van der Waals surface area (Å²) in [5.74, 6) is -1.00. The summed E-state index contributed by atoms with van der Waals surface area (Å²) in [6.45, 7) is 1.95. The molecule has 1 aliphatic heterocycles. The van der Waals surface area contributed by atoms with Crippen LogP contribution in [-0.4, -0.2) is 23.1 Å². The van der Waals surface area contributed by atoms with Crippen molar-refractivity contribution in [1.82, 2.24) is 4.98 Å². The topological polar surface area (TPSA) is 71.6 Å². The van der Waals surface area contributed by atoms with Gasteiger partial charge in [0, 0.05) is 11.9 Å². The monoisotopic (exact) mass is 320 g/mol. The van der Waals surface area contributed by atoms with Crippen LogP contribution in [0.25, 0.3) is 0 Å². The maximum Gasteiger partial charge on any atom is 0.417 e. The maximum atomic E-state index is 12.6. The molecular formula is C12H12ClF3N4O. The standard InChI is InChI=1S/C12H12ClF3N4O/c1-6-8(2-3-17)11(21)20(19-6)10-9(13)4-7(5-18-10)12(14,15)16/h4-5,8H,2-3,17H2,1H3. The van der Waals surface area contributed by atoms with Crippen molar-refractivity contribution in [2.24, 2.45) is 16.8 Å². The van der Waals surface area contributed by atoms with Crippen LogP contribution >= 0.6 is 11.6 Å². The number of carbonyl (C=O) groups excluding carboxylic acids is 1. The molecular weight excluding hydrogens is 309 g/mol. The van der Waals surface area contributed by atoms with E-state index in [0.29, 0.717) is 24.9 Å². The van der Waals surface area contributed by atoms with Crippen molar-refractivity contribution in [3.05, 3.63) is 22.8 Å². The van der Waals surface area contributed by atoms with Gasteiger partial charge < -0.3 is 5.73 Å². The first-order valence-corrected chi connectivity index (χ1v) is 6.45. The molecule has 2 heterocycles. The molecule has 1 aliphatic rings. The molecule has 1 aromatic heterocycles. The minimum Gasteiger partial charge on any atom is -0.330 e. The molecule has 0 bridgehead atoms. The van der Waals surface area contributed by atoms with Crippen LogP contribution in [0.15, 0.2) is 17.4 Å². The van der Waals surface area contributed by atoms with Crippen LogP contribution in [0.4, 0.5) is 19.0 Å². The minimum atomic E-state index is -4.55. The molecule has 9 heteroatoms. The molecule has 1 aromatic rings. The summed E-state index contributed by atoms with van der Waals surface area (Å²) in [6.07, 6.45) is -3.52. The van der Waals surface area contributed by atoms with Crippen LogP contribution in [0.1, 0.15) is 18.9 Å². The van der Waals surface area contributed by atoms with E-state index >= 15 is 0 Å². The van der Waals surface area contributed by atoms with E-state index in [4.69, 9.17) is 17.3 Å². The number of pyridine rings is 1. The maximum absolute atomic E-state index is 12.6. The number of nitrogens with two attached hydrogens (primary N) is 1. The molecule has 1 atom stereocenters. The van der Waals surface area contributed by atoms with E-state index in [9.17, 15) is 18.0 Å². The van der Waals surface area contributed by atoms with E-state index in [2.05, 4.69) is 10.1 Å². The predicted octanol–water partition coefficient (Wildman–Crippen LogP) is 2.44. The number of anilines is 1. The molecule has 0 radical (unpaired) electrons. The van der Waals surface area contributed by atoms with Crippen LogP contribution in [0.5, 0.6) is 0 Å². The van der Waals surface area contributed by atoms with Crippen LogP contribution in [0, 0.1) is 5.92 Å². The molecule has 2 N–H and O–H groups in total. The van der Waals surface area contributed by atoms with Crippen molar-refractivity contribution in [2.45, 2.75) is 19.5 Å². The lowest BCUT2D eigenvalue weighted by Gasteiger charge is -2.15. The Morgan fingerprint density at radius 2 is 2.14 bits per heavy atom. The Kier molecular flexibility index (Phi) is 4.20. The third kappa shape index (κ3) is 3.01. The Morgan fingerprint density at radius 3 is 2.67 bits per heavy atom. The highest BCUT2D eigenvalue weighted by Gasteiger charge is 2.37. The van der Waals surface area contributed by atoms with E-state index in [1.54, 1.807) is 6.92 Å². The number of halogens is 4. The van der Waals surface area contributed by atoms with Crippen molar-refractivity contribution < 1.29 is 18.0 Å². The van der Waals surface area contributed by atoms with Gasteiger partial charge in [-0.1, -0.05) is 11.6 Å². The molecule has 1 unspecified atom stereocenters. The second-order valence-electron chi connectivity index (χ2n) is 4.55. The van der Waals surface area contributed by atoms with Gasteiger partial charge in [0.15, 0.2) is 5.82 Å². The first-order valence-electron chi connectivity index (χ1n) is 6.07. The van der Waals surface area contributed by atoms with Gasteiger partial charge in [0.25, 0.3) is 5.91 Å². The van der Waals surface area contributed by atoms with E-state index in [-0.39, 0.29) is 10.8 Å². The normalized spacial score (nSPS) is 19.1. The predicted molar refractivity (Wildman–Crippen MR) is 72.0 cm³/mol. The second kappa shape index (κ2) is 5.61. The summed E-state index contributed by atoms with van der Waals surface area (Å²) in [6, 6.07) is 0.721. The van der Waals surface area contributed by atoms with E-state index in [1.807, 2.05) is 0 Å². The van der Waals surface area contributed by atoms with Crippen molar-refractivity contribution >= 4 is 29.0 Å². The number of hydrogen-bond acceptors (Lipinski definition) is 4. The number of rotatable bonds is 3. The molecule has 21 heavy (non-hydrogen) atoms. The van der Waals surface area contributed by atoms with E-state index in [1.165, 1.54) is 0 Å². The highest BCUT2D eigenvalue weighted by Crippen LogP contribution is 2.35. The van der Waals surface area contributed by atoms with Crippen LogP contribution < -0.4 is 10.7 Å². The van der Waals surface area contributed by atoms with Gasteiger partial charge in [-0.25, -0.2) is 4.98 Å². The fourth-order valence-electron chi connectivity index (χ4n) is 2.00. The molecule has 0 saturated carbocycles. The fraction of sp³-hybridized carbons (Fsp3) is 0.417. The Hall–Kier alpha value is -1.67. The summed E-state index contributed by atoms with van der Waals surface area (Å²) >= 11 is 5.80. The molecule has 2 rings (SSSR count). The first kappa shape index (κ1) is 15.7.